The van der Waals surface area contributed by atoms with E-state index in [1.807, 2.05) is 26.0 Å². The Morgan fingerprint density at radius 2 is 1.45 bits per heavy atom. The molecule has 1 unspecified atom stereocenters. The van der Waals surface area contributed by atoms with Crippen molar-refractivity contribution in [2.24, 2.45) is 0 Å². The largest absolute Gasteiger partial charge is 0.464 e. The van der Waals surface area contributed by atoms with Gasteiger partial charge < -0.3 is 19.1 Å². The second-order valence-corrected chi connectivity index (χ2v) is 7.28. The third-order valence-corrected chi connectivity index (χ3v) is 5.41. The van der Waals surface area contributed by atoms with Gasteiger partial charge in [0.15, 0.2) is 0 Å². The van der Waals surface area contributed by atoms with Crippen molar-refractivity contribution >= 4 is 21.9 Å². The third-order valence-electron chi connectivity index (χ3n) is 5.41. The minimum Gasteiger partial charge on any atom is -0.464 e. The zero-order valence-corrected chi connectivity index (χ0v) is 16.8. The summed E-state index contributed by atoms with van der Waals surface area (Å²) >= 11 is 0. The molecule has 0 spiro atoms. The Bertz CT molecular complexity index is 975. The highest BCUT2D eigenvalue weighted by Gasteiger charge is 2.24. The highest BCUT2D eigenvalue weighted by Crippen LogP contribution is 2.30. The van der Waals surface area contributed by atoms with Gasteiger partial charge in [0.05, 0.1) is 18.6 Å². The molecule has 0 amide bonds. The number of rotatable bonds is 4. The van der Waals surface area contributed by atoms with Gasteiger partial charge in [0.1, 0.15) is 11.2 Å². The first-order chi connectivity index (χ1) is 13.8. The summed E-state index contributed by atoms with van der Waals surface area (Å²) in [5.41, 5.74) is 4.38. The maximum absolute atomic E-state index is 5.51. The average Bonchev–Trinajstić information content (AvgIpc) is 3.47. The van der Waals surface area contributed by atoms with E-state index >= 15 is 0 Å². The average molecular weight is 393 g/mol. The van der Waals surface area contributed by atoms with Gasteiger partial charge in [0, 0.05) is 23.4 Å². The van der Waals surface area contributed by atoms with Gasteiger partial charge in [0.25, 0.3) is 0 Å². The molecule has 4 aromatic rings. The van der Waals surface area contributed by atoms with Crippen LogP contribution in [0.1, 0.15) is 44.9 Å². The first-order valence-corrected chi connectivity index (χ1v) is 10.2. The first kappa shape index (κ1) is 21.2. The molecule has 2 aromatic carbocycles. The van der Waals surface area contributed by atoms with Crippen LogP contribution in [0.4, 0.5) is 0 Å². The van der Waals surface area contributed by atoms with E-state index in [1.54, 1.807) is 12.5 Å². The molecule has 4 nitrogen and oxygen atoms in total. The van der Waals surface area contributed by atoms with Crippen LogP contribution >= 0.6 is 0 Å². The third kappa shape index (κ3) is 4.39. The summed E-state index contributed by atoms with van der Waals surface area (Å²) < 4.78 is 11.0. The Labute approximate surface area is 173 Å². The van der Waals surface area contributed by atoms with E-state index in [0.717, 1.165) is 35.0 Å². The minimum absolute atomic E-state index is 0. The summed E-state index contributed by atoms with van der Waals surface area (Å²) in [5, 5.41) is 6.17. The van der Waals surface area contributed by atoms with Gasteiger partial charge in [-0.2, -0.15) is 0 Å². The van der Waals surface area contributed by atoms with E-state index < -0.39 is 0 Å². The number of nitrogens with one attached hydrogen (secondary N) is 1. The summed E-state index contributed by atoms with van der Waals surface area (Å²) in [7, 11) is 2.19. The molecule has 5 rings (SSSR count). The Balaban J connectivity index is 0.000000778. The fourth-order valence-corrected chi connectivity index (χ4v) is 4.02. The second-order valence-electron chi connectivity index (χ2n) is 7.28. The molecule has 1 atom stereocenters. The van der Waals surface area contributed by atoms with Crippen molar-refractivity contribution in [3.05, 3.63) is 72.2 Å². The van der Waals surface area contributed by atoms with Crippen LogP contribution < -0.4 is 5.32 Å². The van der Waals surface area contributed by atoms with Crippen LogP contribution in [0.25, 0.3) is 21.9 Å². The summed E-state index contributed by atoms with van der Waals surface area (Å²) in [4.78, 5) is 2.38. The van der Waals surface area contributed by atoms with Crippen LogP contribution in [0.3, 0.4) is 0 Å². The zero-order valence-electron chi connectivity index (χ0n) is 16.8. The lowest BCUT2D eigenvalue weighted by molar-refractivity contribution is 0.391. The number of fused-ring (bicyclic) bond motifs is 2. The number of hydrogen-bond donors (Lipinski definition) is 1. The first-order valence-electron chi connectivity index (χ1n) is 10.2. The standard InChI is InChI=1S/C22H22N2O2.C2H6.CH4/c1-24-9-6-19(14-24)23-22(17-2-4-20-15(12-17)7-10-25-20)18-3-5-21-16(13-18)8-11-26-21;1-2;/h2-5,7-8,10-13,19,22-23H,6,9,14H2,1H3;1-2H3;1H4. The van der Waals surface area contributed by atoms with Crippen molar-refractivity contribution in [2.75, 3.05) is 20.1 Å². The van der Waals surface area contributed by atoms with Crippen LogP contribution in [0.2, 0.25) is 0 Å². The molecule has 0 aliphatic carbocycles. The molecule has 0 saturated carbocycles. The lowest BCUT2D eigenvalue weighted by atomic mass is 9.95. The summed E-state index contributed by atoms with van der Waals surface area (Å²) in [6, 6.07) is 17.6. The van der Waals surface area contributed by atoms with Gasteiger partial charge >= 0.3 is 0 Å². The van der Waals surface area contributed by atoms with Crippen LogP contribution in [0.15, 0.2) is 69.9 Å². The predicted molar refractivity (Wildman–Crippen MR) is 121 cm³/mol. The van der Waals surface area contributed by atoms with Crippen molar-refractivity contribution in [1.29, 1.82) is 0 Å². The van der Waals surface area contributed by atoms with Gasteiger partial charge in [-0.1, -0.05) is 33.4 Å². The maximum atomic E-state index is 5.51. The smallest absolute Gasteiger partial charge is 0.133 e. The van der Waals surface area contributed by atoms with Crippen molar-refractivity contribution < 1.29 is 8.83 Å². The molecule has 1 N–H and O–H groups in total. The fourth-order valence-electron chi connectivity index (χ4n) is 4.02. The highest BCUT2D eigenvalue weighted by atomic mass is 16.3. The van der Waals surface area contributed by atoms with Crippen molar-refractivity contribution in [3.63, 3.8) is 0 Å². The van der Waals surface area contributed by atoms with E-state index in [-0.39, 0.29) is 13.5 Å². The molecule has 29 heavy (non-hydrogen) atoms. The summed E-state index contributed by atoms with van der Waals surface area (Å²) in [5.74, 6) is 0. The fraction of sp³-hybridized carbons (Fsp3) is 0.360. The van der Waals surface area contributed by atoms with Crippen molar-refractivity contribution in [1.82, 2.24) is 10.2 Å². The number of hydrogen-bond acceptors (Lipinski definition) is 4. The monoisotopic (exact) mass is 392 g/mol. The SMILES string of the molecule is C.CC.CN1CCC(NC(c2ccc3occc3c2)c2ccc3occc3c2)C1. The number of nitrogens with zero attached hydrogens (tertiary/aromatic N) is 1. The van der Waals surface area contributed by atoms with Crippen LogP contribution in [0.5, 0.6) is 0 Å². The maximum Gasteiger partial charge on any atom is 0.133 e. The molecule has 1 saturated heterocycles. The molecular formula is C25H32N2O2. The summed E-state index contributed by atoms with van der Waals surface area (Å²) in [6.45, 7) is 6.23. The Morgan fingerprint density at radius 1 is 0.897 bits per heavy atom. The molecule has 4 heteroatoms. The van der Waals surface area contributed by atoms with Gasteiger partial charge in [-0.05, 0) is 67.5 Å². The molecule has 1 aliphatic rings. The molecule has 1 aliphatic heterocycles. The molecule has 1 fully saturated rings. The molecule has 0 bridgehead atoms. The van der Waals surface area contributed by atoms with E-state index in [0.29, 0.717) is 6.04 Å². The van der Waals surface area contributed by atoms with Gasteiger partial charge in [-0.15, -0.1) is 0 Å². The van der Waals surface area contributed by atoms with E-state index in [9.17, 15) is 0 Å². The Morgan fingerprint density at radius 3 is 1.93 bits per heavy atom. The predicted octanol–water partition coefficient (Wildman–Crippen LogP) is 6.22. The van der Waals surface area contributed by atoms with E-state index in [2.05, 4.69) is 53.7 Å². The minimum atomic E-state index is 0. The van der Waals surface area contributed by atoms with Crippen LogP contribution in [-0.2, 0) is 0 Å². The normalized spacial score (nSPS) is 16.8. The van der Waals surface area contributed by atoms with Crippen LogP contribution in [0, 0.1) is 0 Å². The lowest BCUT2D eigenvalue weighted by Crippen LogP contribution is -2.35. The number of furan rings is 2. The van der Waals surface area contributed by atoms with E-state index in [1.165, 1.54) is 17.5 Å². The summed E-state index contributed by atoms with van der Waals surface area (Å²) in [6.07, 6.45) is 4.68. The topological polar surface area (TPSA) is 41.5 Å². The quantitative estimate of drug-likeness (QED) is 0.447. The molecule has 2 aromatic heterocycles. The lowest BCUT2D eigenvalue weighted by Gasteiger charge is -2.24. The van der Waals surface area contributed by atoms with Crippen molar-refractivity contribution in [3.8, 4) is 0 Å². The molecule has 154 valence electrons. The molecule has 3 heterocycles. The second kappa shape index (κ2) is 9.29. The molecular weight excluding hydrogens is 360 g/mol. The molecule has 0 radical (unpaired) electrons. The number of likely N-dealkylation sites (tertiary alicyclic amines) is 1. The Kier molecular flexibility index (Phi) is 6.78. The van der Waals surface area contributed by atoms with Gasteiger partial charge in [-0.25, -0.2) is 0 Å². The highest BCUT2D eigenvalue weighted by molar-refractivity contribution is 5.79. The zero-order chi connectivity index (χ0) is 19.5. The van der Waals surface area contributed by atoms with Gasteiger partial charge in [-0.3, -0.25) is 0 Å². The Hall–Kier alpha value is -2.56. The van der Waals surface area contributed by atoms with E-state index in [4.69, 9.17) is 8.83 Å². The number of likely N-dealkylation sites (N-methyl/N-ethyl adjacent to an activating group) is 1. The van der Waals surface area contributed by atoms with Gasteiger partial charge in [0.2, 0.25) is 0 Å². The number of benzene rings is 2. The van der Waals surface area contributed by atoms with Crippen LogP contribution in [-0.4, -0.2) is 31.1 Å². The van der Waals surface area contributed by atoms with Crippen molar-refractivity contribution in [2.45, 2.75) is 39.8 Å².